The number of aromatic nitrogens is 1. The zero-order valence-electron chi connectivity index (χ0n) is 12.1. The molecule has 1 saturated carbocycles. The lowest BCUT2D eigenvalue weighted by Gasteiger charge is -2.41. The van der Waals surface area contributed by atoms with Gasteiger partial charge in [0.2, 0.25) is 0 Å². The van der Waals surface area contributed by atoms with Crippen molar-refractivity contribution < 1.29 is 0 Å². The molecule has 1 aliphatic carbocycles. The lowest BCUT2D eigenvalue weighted by molar-refractivity contribution is 0.130. The van der Waals surface area contributed by atoms with Crippen LogP contribution in [0.3, 0.4) is 0 Å². The first-order valence-corrected chi connectivity index (χ1v) is 7.99. The van der Waals surface area contributed by atoms with Crippen LogP contribution in [0.1, 0.15) is 57.2 Å². The Morgan fingerprint density at radius 3 is 2.67 bits per heavy atom. The molecule has 0 aliphatic heterocycles. The predicted octanol–water partition coefficient (Wildman–Crippen LogP) is 4.15. The van der Waals surface area contributed by atoms with Crippen LogP contribution < -0.4 is 5.32 Å². The van der Waals surface area contributed by atoms with E-state index < -0.39 is 0 Å². The Hall–Kier alpha value is -0.410. The molecule has 0 bridgehead atoms. The Bertz CT molecular complexity index is 378. The van der Waals surface area contributed by atoms with Crippen LogP contribution in [0, 0.1) is 18.3 Å². The Balaban J connectivity index is 1.93. The topological polar surface area (TPSA) is 24.9 Å². The lowest BCUT2D eigenvalue weighted by Crippen LogP contribution is -2.43. The number of aryl methyl sites for hydroxylation is 1. The average molecular weight is 266 g/mol. The van der Waals surface area contributed by atoms with Gasteiger partial charge in [-0.1, -0.05) is 33.6 Å². The molecule has 102 valence electrons. The highest BCUT2D eigenvalue weighted by Crippen LogP contribution is 2.38. The van der Waals surface area contributed by atoms with E-state index in [9.17, 15) is 0 Å². The molecule has 1 fully saturated rings. The minimum atomic E-state index is 0.414. The van der Waals surface area contributed by atoms with Crippen molar-refractivity contribution in [2.45, 2.75) is 66.0 Å². The van der Waals surface area contributed by atoms with Gasteiger partial charge in [-0.15, -0.1) is 11.3 Å². The van der Waals surface area contributed by atoms with Gasteiger partial charge in [0.25, 0.3) is 0 Å². The van der Waals surface area contributed by atoms with Crippen molar-refractivity contribution in [3.63, 3.8) is 0 Å². The SMILES string of the molecule is Cc1csc(CNC2CCCCC2C(C)(C)C)n1. The van der Waals surface area contributed by atoms with E-state index in [-0.39, 0.29) is 0 Å². The molecule has 0 saturated heterocycles. The van der Waals surface area contributed by atoms with E-state index in [0.29, 0.717) is 11.5 Å². The molecule has 1 heterocycles. The maximum atomic E-state index is 4.54. The molecule has 1 aromatic rings. The molecule has 2 unspecified atom stereocenters. The van der Waals surface area contributed by atoms with Crippen molar-refractivity contribution in [1.82, 2.24) is 10.3 Å². The van der Waals surface area contributed by atoms with Gasteiger partial charge in [0.1, 0.15) is 5.01 Å². The van der Waals surface area contributed by atoms with Crippen molar-refractivity contribution in [3.05, 3.63) is 16.1 Å². The second-order valence-corrected chi connectivity index (χ2v) is 7.57. The van der Waals surface area contributed by atoms with Crippen LogP contribution in [-0.2, 0) is 6.54 Å². The molecular formula is C15H26N2S. The fourth-order valence-corrected chi connectivity index (χ4v) is 3.84. The fraction of sp³-hybridized carbons (Fsp3) is 0.800. The maximum absolute atomic E-state index is 4.54. The Morgan fingerprint density at radius 2 is 2.06 bits per heavy atom. The third-order valence-electron chi connectivity index (χ3n) is 4.06. The van der Waals surface area contributed by atoms with Crippen LogP contribution in [-0.4, -0.2) is 11.0 Å². The van der Waals surface area contributed by atoms with Crippen molar-refractivity contribution in [3.8, 4) is 0 Å². The molecule has 18 heavy (non-hydrogen) atoms. The predicted molar refractivity (Wildman–Crippen MR) is 78.9 cm³/mol. The number of nitrogens with one attached hydrogen (secondary N) is 1. The van der Waals surface area contributed by atoms with E-state index in [1.165, 1.54) is 30.7 Å². The summed E-state index contributed by atoms with van der Waals surface area (Å²) in [6.45, 7) is 10.1. The van der Waals surface area contributed by atoms with Crippen molar-refractivity contribution in [2.75, 3.05) is 0 Å². The van der Waals surface area contributed by atoms with Gasteiger partial charge in [-0.3, -0.25) is 0 Å². The fourth-order valence-electron chi connectivity index (χ4n) is 3.11. The molecule has 2 atom stereocenters. The highest BCUT2D eigenvalue weighted by Gasteiger charge is 2.33. The van der Waals surface area contributed by atoms with Crippen LogP contribution in [0.5, 0.6) is 0 Å². The molecule has 2 rings (SSSR count). The first-order valence-electron chi connectivity index (χ1n) is 7.11. The van der Waals surface area contributed by atoms with Gasteiger partial charge in [-0.2, -0.15) is 0 Å². The van der Waals surface area contributed by atoms with Crippen molar-refractivity contribution in [2.24, 2.45) is 11.3 Å². The maximum Gasteiger partial charge on any atom is 0.107 e. The monoisotopic (exact) mass is 266 g/mol. The number of hydrogen-bond acceptors (Lipinski definition) is 3. The third-order valence-corrected chi connectivity index (χ3v) is 5.03. The second kappa shape index (κ2) is 5.70. The minimum Gasteiger partial charge on any atom is -0.307 e. The van der Waals surface area contributed by atoms with Crippen molar-refractivity contribution >= 4 is 11.3 Å². The van der Waals surface area contributed by atoms with E-state index >= 15 is 0 Å². The van der Waals surface area contributed by atoms with Crippen LogP contribution in [0.4, 0.5) is 0 Å². The van der Waals surface area contributed by atoms with E-state index in [1.54, 1.807) is 11.3 Å². The Kier molecular flexibility index (Phi) is 4.44. The summed E-state index contributed by atoms with van der Waals surface area (Å²) in [4.78, 5) is 4.54. The molecule has 0 spiro atoms. The summed E-state index contributed by atoms with van der Waals surface area (Å²) < 4.78 is 0. The molecule has 1 N–H and O–H groups in total. The van der Waals surface area contributed by atoms with E-state index in [1.807, 2.05) is 0 Å². The smallest absolute Gasteiger partial charge is 0.107 e. The summed E-state index contributed by atoms with van der Waals surface area (Å²) in [6.07, 6.45) is 5.47. The molecule has 1 aromatic heterocycles. The highest BCUT2D eigenvalue weighted by atomic mass is 32.1. The molecule has 0 amide bonds. The van der Waals surface area contributed by atoms with Crippen molar-refractivity contribution in [1.29, 1.82) is 0 Å². The average Bonchev–Trinajstić information content (AvgIpc) is 2.72. The van der Waals surface area contributed by atoms with Crippen LogP contribution in [0.15, 0.2) is 5.38 Å². The molecular weight excluding hydrogens is 240 g/mol. The number of hydrogen-bond donors (Lipinski definition) is 1. The van der Waals surface area contributed by atoms with E-state index in [0.717, 1.165) is 18.2 Å². The largest absolute Gasteiger partial charge is 0.307 e. The molecule has 0 radical (unpaired) electrons. The molecule has 3 heteroatoms. The lowest BCUT2D eigenvalue weighted by atomic mass is 9.69. The van der Waals surface area contributed by atoms with Gasteiger partial charge in [-0.25, -0.2) is 4.98 Å². The quantitative estimate of drug-likeness (QED) is 0.889. The Morgan fingerprint density at radius 1 is 1.33 bits per heavy atom. The zero-order valence-corrected chi connectivity index (χ0v) is 12.9. The number of rotatable bonds is 3. The van der Waals surface area contributed by atoms with Gasteiger partial charge in [0.15, 0.2) is 0 Å². The first-order chi connectivity index (χ1) is 8.47. The third kappa shape index (κ3) is 3.55. The summed E-state index contributed by atoms with van der Waals surface area (Å²) in [5.74, 6) is 0.798. The molecule has 2 nitrogen and oxygen atoms in total. The van der Waals surface area contributed by atoms with Crippen LogP contribution in [0.25, 0.3) is 0 Å². The van der Waals surface area contributed by atoms with Gasteiger partial charge in [-0.05, 0) is 31.1 Å². The molecule has 0 aromatic carbocycles. The summed E-state index contributed by atoms with van der Waals surface area (Å²) in [6, 6.07) is 0.669. The van der Waals surface area contributed by atoms with Crippen LogP contribution in [0.2, 0.25) is 0 Å². The number of thiazole rings is 1. The standard InChI is InChI=1S/C15H26N2S/c1-11-10-18-14(17-11)9-16-13-8-6-5-7-12(13)15(2,3)4/h10,12-13,16H,5-9H2,1-4H3. The minimum absolute atomic E-state index is 0.414. The van der Waals surface area contributed by atoms with E-state index in [4.69, 9.17) is 0 Å². The highest BCUT2D eigenvalue weighted by molar-refractivity contribution is 7.09. The van der Waals surface area contributed by atoms with Gasteiger partial charge < -0.3 is 5.32 Å². The van der Waals surface area contributed by atoms with Gasteiger partial charge in [0.05, 0.1) is 0 Å². The first kappa shape index (κ1) is 14.0. The molecule has 1 aliphatic rings. The summed E-state index contributed by atoms with van der Waals surface area (Å²) >= 11 is 1.77. The Labute approximate surface area is 115 Å². The second-order valence-electron chi connectivity index (χ2n) is 6.63. The van der Waals surface area contributed by atoms with Crippen LogP contribution >= 0.6 is 11.3 Å². The van der Waals surface area contributed by atoms with Gasteiger partial charge in [0, 0.05) is 23.7 Å². The normalized spacial score (nSPS) is 25.3. The summed E-state index contributed by atoms with van der Waals surface area (Å²) in [5.41, 5.74) is 1.56. The number of nitrogens with zero attached hydrogens (tertiary/aromatic N) is 1. The zero-order chi connectivity index (χ0) is 13.2. The summed E-state index contributed by atoms with van der Waals surface area (Å²) in [5, 5.41) is 7.12. The van der Waals surface area contributed by atoms with Gasteiger partial charge >= 0.3 is 0 Å². The van der Waals surface area contributed by atoms with E-state index in [2.05, 4.69) is 43.4 Å². The summed E-state index contributed by atoms with van der Waals surface area (Å²) in [7, 11) is 0.